The van der Waals surface area contributed by atoms with Crippen LogP contribution in [0.3, 0.4) is 0 Å². The zero-order valence-corrected chi connectivity index (χ0v) is 8.97. The Morgan fingerprint density at radius 3 is 2.87 bits per heavy atom. The standard InChI is InChI=1S/C10H15N3O2/c1-7-9(5-11-12(7)2)10(15)13-4-3-8(14)6-13/h5,8,14H,3-4,6H2,1-2H3/t8-/m0/s1. The fourth-order valence-electron chi connectivity index (χ4n) is 1.81. The van der Waals surface area contributed by atoms with Gasteiger partial charge in [-0.3, -0.25) is 9.48 Å². The smallest absolute Gasteiger partial charge is 0.257 e. The molecule has 1 fully saturated rings. The van der Waals surface area contributed by atoms with Gasteiger partial charge in [-0.2, -0.15) is 5.10 Å². The van der Waals surface area contributed by atoms with Crippen molar-refractivity contribution in [2.24, 2.45) is 7.05 Å². The Bertz CT molecular complexity index is 386. The lowest BCUT2D eigenvalue weighted by Gasteiger charge is -2.14. The van der Waals surface area contributed by atoms with Gasteiger partial charge >= 0.3 is 0 Å². The van der Waals surface area contributed by atoms with Gasteiger partial charge in [0, 0.05) is 25.8 Å². The molecule has 1 aromatic heterocycles. The van der Waals surface area contributed by atoms with Crippen molar-refractivity contribution in [3.8, 4) is 0 Å². The molecule has 0 saturated carbocycles. The normalized spacial score (nSPS) is 21.0. The van der Waals surface area contributed by atoms with E-state index in [4.69, 9.17) is 0 Å². The number of carbonyl (C=O) groups excluding carboxylic acids is 1. The molecule has 5 heteroatoms. The average Bonchev–Trinajstić information content (AvgIpc) is 2.75. The summed E-state index contributed by atoms with van der Waals surface area (Å²) in [5.74, 6) is -0.0304. The third kappa shape index (κ3) is 1.74. The SMILES string of the molecule is Cc1c(C(=O)N2CC[C@H](O)C2)cnn1C. The van der Waals surface area contributed by atoms with Crippen LogP contribution < -0.4 is 0 Å². The third-order valence-corrected chi connectivity index (χ3v) is 2.92. The molecular formula is C10H15N3O2. The minimum Gasteiger partial charge on any atom is -0.391 e. The highest BCUT2D eigenvalue weighted by Crippen LogP contribution is 2.15. The number of aryl methyl sites for hydroxylation is 1. The van der Waals surface area contributed by atoms with E-state index in [0.717, 1.165) is 5.69 Å². The van der Waals surface area contributed by atoms with Crippen LogP contribution in [0.15, 0.2) is 6.20 Å². The molecule has 2 heterocycles. The summed E-state index contributed by atoms with van der Waals surface area (Å²) in [6.45, 7) is 2.94. The number of aliphatic hydroxyl groups excluding tert-OH is 1. The number of likely N-dealkylation sites (tertiary alicyclic amines) is 1. The Kier molecular flexibility index (Phi) is 2.48. The van der Waals surface area contributed by atoms with Crippen molar-refractivity contribution in [2.45, 2.75) is 19.4 Å². The lowest BCUT2D eigenvalue weighted by molar-refractivity contribution is 0.0764. The predicted octanol–water partition coefficient (Wildman–Crippen LogP) is -0.0647. The van der Waals surface area contributed by atoms with Gasteiger partial charge in [-0.25, -0.2) is 0 Å². The van der Waals surface area contributed by atoms with Crippen LogP contribution in [0.5, 0.6) is 0 Å². The van der Waals surface area contributed by atoms with Crippen molar-refractivity contribution in [3.63, 3.8) is 0 Å². The van der Waals surface area contributed by atoms with Crippen LogP contribution in [0.1, 0.15) is 22.5 Å². The minimum absolute atomic E-state index is 0.0304. The summed E-state index contributed by atoms with van der Waals surface area (Å²) in [7, 11) is 1.81. The van der Waals surface area contributed by atoms with Crippen LogP contribution >= 0.6 is 0 Å². The van der Waals surface area contributed by atoms with Gasteiger partial charge in [-0.05, 0) is 13.3 Å². The number of hydrogen-bond donors (Lipinski definition) is 1. The first-order valence-electron chi connectivity index (χ1n) is 5.05. The number of carbonyl (C=O) groups is 1. The number of rotatable bonds is 1. The van der Waals surface area contributed by atoms with E-state index in [-0.39, 0.29) is 12.0 Å². The number of aliphatic hydroxyl groups is 1. The van der Waals surface area contributed by atoms with E-state index < -0.39 is 0 Å². The van der Waals surface area contributed by atoms with Gasteiger partial charge in [0.05, 0.1) is 17.9 Å². The van der Waals surface area contributed by atoms with Gasteiger partial charge in [0.15, 0.2) is 0 Å². The van der Waals surface area contributed by atoms with E-state index in [2.05, 4.69) is 5.10 Å². The fraction of sp³-hybridized carbons (Fsp3) is 0.600. The number of β-amino-alcohol motifs (C(OH)–C–C–N with tert-alkyl or cyclic N) is 1. The molecule has 0 aliphatic carbocycles. The monoisotopic (exact) mass is 209 g/mol. The van der Waals surface area contributed by atoms with Crippen LogP contribution in [0.2, 0.25) is 0 Å². The van der Waals surface area contributed by atoms with Crippen molar-refractivity contribution in [1.29, 1.82) is 0 Å². The molecule has 1 aliphatic heterocycles. The maximum absolute atomic E-state index is 12.0. The molecule has 1 atom stereocenters. The van der Waals surface area contributed by atoms with Crippen LogP contribution in [0, 0.1) is 6.92 Å². The summed E-state index contributed by atoms with van der Waals surface area (Å²) < 4.78 is 1.68. The van der Waals surface area contributed by atoms with Crippen LogP contribution in [-0.2, 0) is 7.05 Å². The van der Waals surface area contributed by atoms with Crippen LogP contribution in [0.25, 0.3) is 0 Å². The molecule has 2 rings (SSSR count). The van der Waals surface area contributed by atoms with E-state index in [1.54, 1.807) is 15.8 Å². The van der Waals surface area contributed by atoms with E-state index in [1.807, 2.05) is 14.0 Å². The summed E-state index contributed by atoms with van der Waals surface area (Å²) >= 11 is 0. The van der Waals surface area contributed by atoms with Crippen LogP contribution in [-0.4, -0.2) is 44.9 Å². The molecule has 0 bridgehead atoms. The topological polar surface area (TPSA) is 58.4 Å². The highest BCUT2D eigenvalue weighted by molar-refractivity contribution is 5.95. The van der Waals surface area contributed by atoms with E-state index in [0.29, 0.717) is 25.1 Å². The van der Waals surface area contributed by atoms with Gasteiger partial charge in [-0.15, -0.1) is 0 Å². The summed E-state index contributed by atoms with van der Waals surface area (Å²) in [6, 6.07) is 0. The maximum Gasteiger partial charge on any atom is 0.257 e. The lowest BCUT2D eigenvalue weighted by atomic mass is 10.2. The Hall–Kier alpha value is -1.36. The second-order valence-electron chi connectivity index (χ2n) is 3.96. The molecule has 82 valence electrons. The fourth-order valence-corrected chi connectivity index (χ4v) is 1.81. The van der Waals surface area contributed by atoms with Crippen molar-refractivity contribution < 1.29 is 9.90 Å². The molecule has 0 aromatic carbocycles. The van der Waals surface area contributed by atoms with E-state index >= 15 is 0 Å². The Morgan fingerprint density at radius 2 is 2.40 bits per heavy atom. The number of hydrogen-bond acceptors (Lipinski definition) is 3. The molecule has 1 aliphatic rings. The first kappa shape index (κ1) is 10.2. The van der Waals surface area contributed by atoms with Gasteiger partial charge < -0.3 is 10.0 Å². The van der Waals surface area contributed by atoms with Crippen molar-refractivity contribution in [2.75, 3.05) is 13.1 Å². The second-order valence-corrected chi connectivity index (χ2v) is 3.96. The predicted molar refractivity (Wildman–Crippen MR) is 54.5 cm³/mol. The molecule has 1 aromatic rings. The van der Waals surface area contributed by atoms with Crippen molar-refractivity contribution >= 4 is 5.91 Å². The summed E-state index contributed by atoms with van der Waals surface area (Å²) in [6.07, 6.45) is 1.89. The van der Waals surface area contributed by atoms with Crippen molar-refractivity contribution in [1.82, 2.24) is 14.7 Å². The summed E-state index contributed by atoms with van der Waals surface area (Å²) in [5.41, 5.74) is 1.49. The first-order chi connectivity index (χ1) is 7.09. The third-order valence-electron chi connectivity index (χ3n) is 2.92. The van der Waals surface area contributed by atoms with Gasteiger partial charge in [0.2, 0.25) is 0 Å². The molecular weight excluding hydrogens is 194 g/mol. The molecule has 15 heavy (non-hydrogen) atoms. The van der Waals surface area contributed by atoms with E-state index in [9.17, 15) is 9.90 Å². The Balaban J connectivity index is 2.18. The summed E-state index contributed by atoms with van der Waals surface area (Å²) in [4.78, 5) is 13.7. The van der Waals surface area contributed by atoms with Crippen LogP contribution in [0.4, 0.5) is 0 Å². The average molecular weight is 209 g/mol. The van der Waals surface area contributed by atoms with Crippen molar-refractivity contribution in [3.05, 3.63) is 17.5 Å². The lowest BCUT2D eigenvalue weighted by Crippen LogP contribution is -2.29. The highest BCUT2D eigenvalue weighted by atomic mass is 16.3. The number of nitrogens with zero attached hydrogens (tertiary/aromatic N) is 3. The van der Waals surface area contributed by atoms with E-state index in [1.165, 1.54) is 0 Å². The molecule has 0 unspecified atom stereocenters. The zero-order chi connectivity index (χ0) is 11.0. The van der Waals surface area contributed by atoms with Gasteiger partial charge in [0.1, 0.15) is 0 Å². The molecule has 1 amide bonds. The van der Waals surface area contributed by atoms with Gasteiger partial charge in [0.25, 0.3) is 5.91 Å². The Labute approximate surface area is 88.3 Å². The largest absolute Gasteiger partial charge is 0.391 e. The molecule has 0 spiro atoms. The molecule has 1 N–H and O–H groups in total. The minimum atomic E-state index is -0.370. The number of amides is 1. The molecule has 1 saturated heterocycles. The maximum atomic E-state index is 12.0. The first-order valence-corrected chi connectivity index (χ1v) is 5.05. The molecule has 0 radical (unpaired) electrons. The zero-order valence-electron chi connectivity index (χ0n) is 8.97. The highest BCUT2D eigenvalue weighted by Gasteiger charge is 2.27. The second kappa shape index (κ2) is 3.66. The quantitative estimate of drug-likeness (QED) is 0.704. The Morgan fingerprint density at radius 1 is 1.67 bits per heavy atom. The summed E-state index contributed by atoms with van der Waals surface area (Å²) in [5, 5.41) is 13.4. The van der Waals surface area contributed by atoms with Gasteiger partial charge in [-0.1, -0.05) is 0 Å². The molecule has 5 nitrogen and oxygen atoms in total. The number of aromatic nitrogens is 2.